The molecule has 0 aromatic heterocycles. The van der Waals surface area contributed by atoms with Gasteiger partial charge in [0.25, 0.3) is 0 Å². The van der Waals surface area contributed by atoms with Crippen LogP contribution in [0.3, 0.4) is 0 Å². The van der Waals surface area contributed by atoms with Crippen LogP contribution in [0.15, 0.2) is 24.3 Å². The van der Waals surface area contributed by atoms with E-state index in [1.165, 1.54) is 0 Å². The predicted octanol–water partition coefficient (Wildman–Crippen LogP) is 3.53. The fourth-order valence-electron chi connectivity index (χ4n) is 2.57. The van der Waals surface area contributed by atoms with Gasteiger partial charge in [0.15, 0.2) is 0 Å². The smallest absolute Gasteiger partial charge is 0.123 e. The summed E-state index contributed by atoms with van der Waals surface area (Å²) in [6.45, 7) is 13.8. The van der Waals surface area contributed by atoms with E-state index in [4.69, 9.17) is 10.5 Å². The van der Waals surface area contributed by atoms with Crippen LogP contribution in [0.4, 0.5) is 0 Å². The van der Waals surface area contributed by atoms with E-state index in [9.17, 15) is 0 Å². The second-order valence-electron chi connectivity index (χ2n) is 6.56. The van der Waals surface area contributed by atoms with E-state index in [0.717, 1.165) is 44.0 Å². The van der Waals surface area contributed by atoms with Gasteiger partial charge in [-0.1, -0.05) is 45.9 Å². The van der Waals surface area contributed by atoms with Crippen LogP contribution in [0.5, 0.6) is 5.75 Å². The van der Waals surface area contributed by atoms with Gasteiger partial charge in [0.05, 0.1) is 6.61 Å². The van der Waals surface area contributed by atoms with Gasteiger partial charge in [-0.2, -0.15) is 0 Å². The van der Waals surface area contributed by atoms with Crippen LogP contribution >= 0.6 is 0 Å². The molecule has 3 heteroatoms. The fraction of sp³-hybridized carbons (Fsp3) is 0.667. The number of nitrogens with two attached hydrogens (primary N) is 1. The molecule has 0 heterocycles. The number of hydrogen-bond acceptors (Lipinski definition) is 3. The number of rotatable bonds is 10. The number of ether oxygens (including phenoxy) is 1. The summed E-state index contributed by atoms with van der Waals surface area (Å²) in [6, 6.07) is 8.03. The van der Waals surface area contributed by atoms with Crippen molar-refractivity contribution >= 4 is 0 Å². The lowest BCUT2D eigenvalue weighted by Gasteiger charge is -2.26. The van der Waals surface area contributed by atoms with Crippen LogP contribution in [0.2, 0.25) is 0 Å². The van der Waals surface area contributed by atoms with Gasteiger partial charge in [-0.3, -0.25) is 0 Å². The van der Waals surface area contributed by atoms with E-state index in [2.05, 4.69) is 32.6 Å². The highest BCUT2D eigenvalue weighted by Gasteiger charge is 2.09. The molecular formula is C18H32N2O. The SMILES string of the molecule is CC(C)CN(CCCOc1ccccc1CN)CC(C)C. The molecule has 0 amide bonds. The Hall–Kier alpha value is -1.06. The minimum Gasteiger partial charge on any atom is -0.493 e. The van der Waals surface area contributed by atoms with E-state index >= 15 is 0 Å². The molecule has 0 radical (unpaired) electrons. The summed E-state index contributed by atoms with van der Waals surface area (Å²) in [5.41, 5.74) is 6.81. The zero-order valence-electron chi connectivity index (χ0n) is 14.1. The summed E-state index contributed by atoms with van der Waals surface area (Å²) >= 11 is 0. The molecule has 0 bridgehead atoms. The molecular weight excluding hydrogens is 260 g/mol. The van der Waals surface area contributed by atoms with Crippen LogP contribution in [-0.4, -0.2) is 31.1 Å². The molecule has 0 saturated heterocycles. The van der Waals surface area contributed by atoms with Crippen LogP contribution < -0.4 is 10.5 Å². The number of benzene rings is 1. The maximum absolute atomic E-state index is 5.88. The second-order valence-corrected chi connectivity index (χ2v) is 6.56. The highest BCUT2D eigenvalue weighted by Crippen LogP contribution is 2.17. The van der Waals surface area contributed by atoms with Gasteiger partial charge in [0.2, 0.25) is 0 Å². The number of nitrogens with zero attached hydrogens (tertiary/aromatic N) is 1. The summed E-state index contributed by atoms with van der Waals surface area (Å²) in [4.78, 5) is 2.55. The topological polar surface area (TPSA) is 38.5 Å². The predicted molar refractivity (Wildman–Crippen MR) is 90.6 cm³/mol. The molecule has 3 nitrogen and oxygen atoms in total. The summed E-state index contributed by atoms with van der Waals surface area (Å²) in [7, 11) is 0. The lowest BCUT2D eigenvalue weighted by molar-refractivity contribution is 0.197. The van der Waals surface area contributed by atoms with Crippen molar-refractivity contribution in [1.82, 2.24) is 4.90 Å². The van der Waals surface area contributed by atoms with Gasteiger partial charge < -0.3 is 15.4 Å². The Morgan fingerprint density at radius 1 is 1.05 bits per heavy atom. The van der Waals surface area contributed by atoms with Crippen molar-refractivity contribution in [3.8, 4) is 5.75 Å². The third kappa shape index (κ3) is 7.49. The normalized spacial score (nSPS) is 11.6. The van der Waals surface area contributed by atoms with Crippen LogP contribution in [0.1, 0.15) is 39.7 Å². The maximum atomic E-state index is 5.88. The Balaban J connectivity index is 2.36. The lowest BCUT2D eigenvalue weighted by Crippen LogP contribution is -2.33. The molecule has 0 atom stereocenters. The summed E-state index contributed by atoms with van der Waals surface area (Å²) in [5, 5.41) is 0. The van der Waals surface area contributed by atoms with E-state index in [1.807, 2.05) is 24.3 Å². The Labute approximate surface area is 130 Å². The average Bonchev–Trinajstić information content (AvgIpc) is 2.42. The Morgan fingerprint density at radius 3 is 2.24 bits per heavy atom. The first-order chi connectivity index (χ1) is 10.0. The fourth-order valence-corrected chi connectivity index (χ4v) is 2.57. The van der Waals surface area contributed by atoms with E-state index < -0.39 is 0 Å². The zero-order chi connectivity index (χ0) is 15.7. The number of hydrogen-bond donors (Lipinski definition) is 1. The molecule has 120 valence electrons. The Bertz CT molecular complexity index is 381. The third-order valence-corrected chi connectivity index (χ3v) is 3.32. The quantitative estimate of drug-likeness (QED) is 0.671. The van der Waals surface area contributed by atoms with Crippen molar-refractivity contribution in [2.24, 2.45) is 17.6 Å². The van der Waals surface area contributed by atoms with E-state index in [0.29, 0.717) is 18.4 Å². The lowest BCUT2D eigenvalue weighted by atomic mass is 10.1. The standard InChI is InChI=1S/C18H32N2O/c1-15(2)13-20(14-16(3)4)10-7-11-21-18-9-6-5-8-17(18)12-19/h5-6,8-9,15-16H,7,10-14,19H2,1-4H3. The van der Waals surface area contributed by atoms with Crippen molar-refractivity contribution in [2.45, 2.75) is 40.7 Å². The first-order valence-corrected chi connectivity index (χ1v) is 8.16. The van der Waals surface area contributed by atoms with Gasteiger partial charge in [0.1, 0.15) is 5.75 Å². The highest BCUT2D eigenvalue weighted by molar-refractivity contribution is 5.32. The minimum atomic E-state index is 0.531. The molecule has 0 unspecified atom stereocenters. The van der Waals surface area contributed by atoms with Crippen molar-refractivity contribution < 1.29 is 4.74 Å². The zero-order valence-corrected chi connectivity index (χ0v) is 14.1. The molecule has 1 rings (SSSR count). The van der Waals surface area contributed by atoms with Crippen LogP contribution in [0, 0.1) is 11.8 Å². The van der Waals surface area contributed by atoms with Gasteiger partial charge in [-0.05, 0) is 24.3 Å². The molecule has 0 saturated carbocycles. The first-order valence-electron chi connectivity index (χ1n) is 8.16. The molecule has 0 fully saturated rings. The molecule has 1 aromatic rings. The molecule has 1 aromatic carbocycles. The Kier molecular flexibility index (Phi) is 8.40. The Morgan fingerprint density at radius 2 is 1.67 bits per heavy atom. The maximum Gasteiger partial charge on any atom is 0.123 e. The highest BCUT2D eigenvalue weighted by atomic mass is 16.5. The molecule has 21 heavy (non-hydrogen) atoms. The van der Waals surface area contributed by atoms with E-state index in [1.54, 1.807) is 0 Å². The van der Waals surface area contributed by atoms with Crippen LogP contribution in [0.25, 0.3) is 0 Å². The molecule has 2 N–H and O–H groups in total. The molecule has 0 aliphatic rings. The number of para-hydroxylation sites is 1. The van der Waals surface area contributed by atoms with Crippen molar-refractivity contribution in [3.63, 3.8) is 0 Å². The molecule has 0 aliphatic heterocycles. The van der Waals surface area contributed by atoms with E-state index in [-0.39, 0.29) is 0 Å². The first kappa shape index (κ1) is 18.0. The minimum absolute atomic E-state index is 0.531. The van der Waals surface area contributed by atoms with Gasteiger partial charge >= 0.3 is 0 Å². The summed E-state index contributed by atoms with van der Waals surface area (Å²) < 4.78 is 5.88. The van der Waals surface area contributed by atoms with Crippen LogP contribution in [-0.2, 0) is 6.54 Å². The summed E-state index contributed by atoms with van der Waals surface area (Å²) in [5.74, 6) is 2.35. The van der Waals surface area contributed by atoms with Crippen molar-refractivity contribution in [3.05, 3.63) is 29.8 Å². The van der Waals surface area contributed by atoms with Gasteiger partial charge in [-0.15, -0.1) is 0 Å². The molecule has 0 spiro atoms. The third-order valence-electron chi connectivity index (χ3n) is 3.32. The van der Waals surface area contributed by atoms with Gasteiger partial charge in [-0.25, -0.2) is 0 Å². The molecule has 0 aliphatic carbocycles. The van der Waals surface area contributed by atoms with Gasteiger partial charge in [0, 0.05) is 31.7 Å². The largest absolute Gasteiger partial charge is 0.493 e. The monoisotopic (exact) mass is 292 g/mol. The average molecular weight is 292 g/mol. The van der Waals surface area contributed by atoms with Crippen molar-refractivity contribution in [2.75, 3.05) is 26.2 Å². The second kappa shape index (κ2) is 9.80. The van der Waals surface area contributed by atoms with Crippen molar-refractivity contribution in [1.29, 1.82) is 0 Å². The summed E-state index contributed by atoms with van der Waals surface area (Å²) in [6.07, 6.45) is 1.05.